The summed E-state index contributed by atoms with van der Waals surface area (Å²) >= 11 is 6.23. The van der Waals surface area contributed by atoms with Crippen molar-refractivity contribution in [1.29, 1.82) is 0 Å². The number of methoxy groups -OCH3 is 2. The summed E-state index contributed by atoms with van der Waals surface area (Å²) in [6.07, 6.45) is 3.81. The number of amides is 3. The molecule has 3 heterocycles. The molecule has 172 valence electrons. The highest BCUT2D eigenvalue weighted by atomic mass is 35.5. The third-order valence-corrected chi connectivity index (χ3v) is 6.39. The zero-order valence-electron chi connectivity index (χ0n) is 18.6. The number of carbonyl (C=O) groups excluding carboxylic acids is 2. The van der Waals surface area contributed by atoms with Crippen molar-refractivity contribution < 1.29 is 19.1 Å². The number of halogens is 1. The average Bonchev–Trinajstić information content (AvgIpc) is 3.15. The van der Waals surface area contributed by atoms with E-state index in [4.69, 9.17) is 21.1 Å². The number of aromatic nitrogens is 2. The van der Waals surface area contributed by atoms with Crippen molar-refractivity contribution in [2.75, 3.05) is 39.2 Å². The molecule has 0 atom stereocenters. The molecular formula is C22H28ClN5O4. The topological polar surface area (TPSA) is 88.9 Å². The number of likely N-dealkylation sites (tertiary alicyclic amines) is 1. The molecule has 1 saturated heterocycles. The second-order valence-corrected chi connectivity index (χ2v) is 8.45. The van der Waals surface area contributed by atoms with Crippen LogP contribution in [-0.4, -0.2) is 65.4 Å². The molecule has 0 radical (unpaired) electrons. The van der Waals surface area contributed by atoms with Crippen molar-refractivity contribution in [2.24, 2.45) is 7.05 Å². The number of aryl methyl sites for hydroxylation is 1. The molecule has 9 nitrogen and oxygen atoms in total. The summed E-state index contributed by atoms with van der Waals surface area (Å²) in [5.74, 6) is 0.854. The lowest BCUT2D eigenvalue weighted by atomic mass is 10.0. The van der Waals surface area contributed by atoms with E-state index in [1.807, 2.05) is 11.9 Å². The van der Waals surface area contributed by atoms with E-state index < -0.39 is 0 Å². The number of carbonyl (C=O) groups is 2. The molecule has 1 aromatic carbocycles. The molecule has 2 aromatic rings. The van der Waals surface area contributed by atoms with Crippen LogP contribution in [0.15, 0.2) is 12.1 Å². The fourth-order valence-electron chi connectivity index (χ4n) is 4.34. The second-order valence-electron chi connectivity index (χ2n) is 8.04. The molecule has 1 N–H and O–H groups in total. The lowest BCUT2D eigenvalue weighted by molar-refractivity contribution is 0.0715. The molecule has 4 rings (SSSR count). The number of urea groups is 1. The number of nitrogens with zero attached hydrogens (tertiary/aromatic N) is 4. The number of fused-ring (bicyclic) bond motifs is 1. The third kappa shape index (κ3) is 4.21. The van der Waals surface area contributed by atoms with E-state index in [-0.39, 0.29) is 11.9 Å². The van der Waals surface area contributed by atoms with Gasteiger partial charge >= 0.3 is 6.03 Å². The number of piperidine rings is 1. The van der Waals surface area contributed by atoms with Crippen LogP contribution in [0.4, 0.5) is 10.5 Å². The fourth-order valence-corrected chi connectivity index (χ4v) is 4.58. The minimum absolute atomic E-state index is 0.0487. The van der Waals surface area contributed by atoms with Gasteiger partial charge in [-0.2, -0.15) is 5.10 Å². The van der Waals surface area contributed by atoms with Gasteiger partial charge in [-0.05, 0) is 25.3 Å². The monoisotopic (exact) mass is 461 g/mol. The van der Waals surface area contributed by atoms with Gasteiger partial charge in [-0.15, -0.1) is 0 Å². The van der Waals surface area contributed by atoms with Gasteiger partial charge in [0.25, 0.3) is 5.91 Å². The first-order valence-corrected chi connectivity index (χ1v) is 11.1. The maximum absolute atomic E-state index is 13.1. The van der Waals surface area contributed by atoms with Gasteiger partial charge in [-0.1, -0.05) is 11.6 Å². The van der Waals surface area contributed by atoms with Crippen molar-refractivity contribution in [1.82, 2.24) is 19.6 Å². The molecule has 0 unspecified atom stereocenters. The molecule has 0 aliphatic carbocycles. The Labute approximate surface area is 192 Å². The normalized spacial score (nSPS) is 15.9. The molecule has 0 spiro atoms. The summed E-state index contributed by atoms with van der Waals surface area (Å²) in [6, 6.07) is 2.93. The number of anilines is 1. The predicted molar refractivity (Wildman–Crippen MR) is 121 cm³/mol. The molecule has 1 aromatic heterocycles. The Hall–Kier alpha value is -2.94. The van der Waals surface area contributed by atoms with Crippen LogP contribution in [0.3, 0.4) is 0 Å². The molecule has 0 bridgehead atoms. The number of nitrogens with one attached hydrogen (secondary N) is 1. The van der Waals surface area contributed by atoms with Gasteiger partial charge in [0.05, 0.1) is 31.5 Å². The van der Waals surface area contributed by atoms with E-state index in [1.165, 1.54) is 14.2 Å². The summed E-state index contributed by atoms with van der Waals surface area (Å²) in [5.41, 5.74) is 2.72. The predicted octanol–water partition coefficient (Wildman–Crippen LogP) is 3.31. The average molecular weight is 462 g/mol. The van der Waals surface area contributed by atoms with Crippen molar-refractivity contribution in [3.05, 3.63) is 34.1 Å². The van der Waals surface area contributed by atoms with Gasteiger partial charge in [0.2, 0.25) is 0 Å². The molecule has 32 heavy (non-hydrogen) atoms. The maximum atomic E-state index is 13.1. The number of hydrogen-bond donors (Lipinski definition) is 1. The first kappa shape index (κ1) is 22.3. The van der Waals surface area contributed by atoms with Crippen LogP contribution < -0.4 is 14.8 Å². The van der Waals surface area contributed by atoms with Crippen LogP contribution in [0.25, 0.3) is 0 Å². The molecule has 3 amide bonds. The van der Waals surface area contributed by atoms with E-state index in [0.29, 0.717) is 47.4 Å². The summed E-state index contributed by atoms with van der Waals surface area (Å²) in [5, 5.41) is 7.76. The minimum atomic E-state index is -0.296. The summed E-state index contributed by atoms with van der Waals surface area (Å²) < 4.78 is 12.4. The highest BCUT2D eigenvalue weighted by Gasteiger charge is 2.32. The van der Waals surface area contributed by atoms with Crippen LogP contribution >= 0.6 is 11.6 Å². The van der Waals surface area contributed by atoms with Gasteiger partial charge < -0.3 is 24.6 Å². The standard InChI is InChI=1S/C22H28ClN5O4/c1-26-17-7-10-28(13-14(17)20(25-26)21(29)27-8-5-4-6-9-27)22(30)24-16-11-15(23)18(31-2)12-19(16)32-3/h11-12H,4-10,13H2,1-3H3,(H,24,30). The number of hydrogen-bond acceptors (Lipinski definition) is 5. The number of ether oxygens (including phenoxy) is 2. The lowest BCUT2D eigenvalue weighted by Gasteiger charge is -2.29. The van der Waals surface area contributed by atoms with E-state index in [9.17, 15) is 9.59 Å². The van der Waals surface area contributed by atoms with E-state index in [2.05, 4.69) is 10.4 Å². The Balaban J connectivity index is 1.54. The van der Waals surface area contributed by atoms with Crippen LogP contribution in [0.1, 0.15) is 41.0 Å². The summed E-state index contributed by atoms with van der Waals surface area (Å²) in [6.45, 7) is 2.34. The zero-order chi connectivity index (χ0) is 22.8. The first-order valence-electron chi connectivity index (χ1n) is 10.7. The van der Waals surface area contributed by atoms with Gasteiger partial charge in [0.15, 0.2) is 5.69 Å². The van der Waals surface area contributed by atoms with Gasteiger partial charge in [0, 0.05) is 50.4 Å². The lowest BCUT2D eigenvalue weighted by Crippen LogP contribution is -2.40. The highest BCUT2D eigenvalue weighted by molar-refractivity contribution is 6.32. The fraction of sp³-hybridized carbons (Fsp3) is 0.500. The number of rotatable bonds is 4. The molecule has 2 aliphatic rings. The third-order valence-electron chi connectivity index (χ3n) is 6.09. The van der Waals surface area contributed by atoms with E-state index in [1.54, 1.807) is 21.7 Å². The Morgan fingerprint density at radius 3 is 2.44 bits per heavy atom. The molecule has 10 heteroatoms. The molecule has 0 saturated carbocycles. The molecular weight excluding hydrogens is 434 g/mol. The largest absolute Gasteiger partial charge is 0.495 e. The number of benzene rings is 1. The highest BCUT2D eigenvalue weighted by Crippen LogP contribution is 2.36. The quantitative estimate of drug-likeness (QED) is 0.754. The Morgan fingerprint density at radius 1 is 1.03 bits per heavy atom. The first-order chi connectivity index (χ1) is 15.4. The second kappa shape index (κ2) is 9.28. The van der Waals surface area contributed by atoms with Crippen LogP contribution in [0.5, 0.6) is 11.5 Å². The smallest absolute Gasteiger partial charge is 0.322 e. The maximum Gasteiger partial charge on any atom is 0.322 e. The SMILES string of the molecule is COc1cc(OC)c(NC(=O)N2CCc3c(c(C(=O)N4CCCCC4)nn3C)C2)cc1Cl. The van der Waals surface area contributed by atoms with Crippen LogP contribution in [-0.2, 0) is 20.0 Å². The zero-order valence-corrected chi connectivity index (χ0v) is 19.4. The van der Waals surface area contributed by atoms with Crippen molar-refractivity contribution >= 4 is 29.2 Å². The molecule has 2 aliphatic heterocycles. The Bertz CT molecular complexity index is 1030. The van der Waals surface area contributed by atoms with Crippen LogP contribution in [0, 0.1) is 0 Å². The van der Waals surface area contributed by atoms with E-state index in [0.717, 1.165) is 43.6 Å². The van der Waals surface area contributed by atoms with Crippen molar-refractivity contribution in [2.45, 2.75) is 32.2 Å². The van der Waals surface area contributed by atoms with Gasteiger partial charge in [-0.25, -0.2) is 4.79 Å². The van der Waals surface area contributed by atoms with E-state index >= 15 is 0 Å². The van der Waals surface area contributed by atoms with Crippen LogP contribution in [0.2, 0.25) is 5.02 Å². The van der Waals surface area contributed by atoms with Gasteiger partial charge in [0.1, 0.15) is 11.5 Å². The Morgan fingerprint density at radius 2 is 1.75 bits per heavy atom. The van der Waals surface area contributed by atoms with Crippen molar-refractivity contribution in [3.8, 4) is 11.5 Å². The van der Waals surface area contributed by atoms with Gasteiger partial charge in [-0.3, -0.25) is 9.48 Å². The Kier molecular flexibility index (Phi) is 6.45. The minimum Gasteiger partial charge on any atom is -0.495 e. The summed E-state index contributed by atoms with van der Waals surface area (Å²) in [7, 11) is 4.88. The summed E-state index contributed by atoms with van der Waals surface area (Å²) in [4.78, 5) is 29.7. The van der Waals surface area contributed by atoms with Crippen molar-refractivity contribution in [3.63, 3.8) is 0 Å². The molecule has 1 fully saturated rings.